The number of hydrogen-bond acceptors (Lipinski definition) is 5. The summed E-state index contributed by atoms with van der Waals surface area (Å²) >= 11 is 7.78. The first kappa shape index (κ1) is 29.0. The molecule has 0 fully saturated rings. The zero-order valence-electron chi connectivity index (χ0n) is 24.3. The van der Waals surface area contributed by atoms with Gasteiger partial charge in [-0.15, -0.1) is 11.3 Å². The third-order valence-electron chi connectivity index (χ3n) is 6.73. The van der Waals surface area contributed by atoms with E-state index in [1.54, 1.807) is 11.3 Å². The lowest BCUT2D eigenvalue weighted by molar-refractivity contribution is -0.160. The number of carboxylic acids is 1. The standard InChI is InChI=1S/C33H34ClN3O3S/c1-19-15-25-29(27(20-11-13-24(34)14-12-20)26(19)28(31(38)39)40-33(5,6)7)41-30(36-25)22-10-8-9-21(16-22)23-17-35-37(18-23)32(2,3)4/h8-18,28H,1-7H3,(H,38,39). The molecular formula is C33H34ClN3O3S. The molecule has 5 rings (SSSR count). The Balaban J connectivity index is 1.70. The first-order chi connectivity index (χ1) is 19.2. The van der Waals surface area contributed by atoms with E-state index >= 15 is 0 Å². The molecule has 0 aliphatic rings. The number of aliphatic carboxylic acids is 1. The molecule has 0 aliphatic heterocycles. The number of fused-ring (bicyclic) bond motifs is 1. The molecule has 0 radical (unpaired) electrons. The van der Waals surface area contributed by atoms with Gasteiger partial charge in [-0.05, 0) is 89.4 Å². The van der Waals surface area contributed by atoms with Crippen molar-refractivity contribution in [1.29, 1.82) is 0 Å². The van der Waals surface area contributed by atoms with Gasteiger partial charge in [0.1, 0.15) is 5.01 Å². The largest absolute Gasteiger partial charge is 0.479 e. The Morgan fingerprint density at radius 3 is 2.27 bits per heavy atom. The second kappa shape index (κ2) is 10.7. The molecule has 0 aliphatic carbocycles. The van der Waals surface area contributed by atoms with Gasteiger partial charge in [0.05, 0.1) is 27.6 Å². The maximum absolute atomic E-state index is 12.6. The molecule has 41 heavy (non-hydrogen) atoms. The summed E-state index contributed by atoms with van der Waals surface area (Å²) in [5.74, 6) is -1.04. The van der Waals surface area contributed by atoms with Crippen LogP contribution in [0.15, 0.2) is 67.0 Å². The van der Waals surface area contributed by atoms with E-state index in [-0.39, 0.29) is 5.54 Å². The Morgan fingerprint density at radius 2 is 1.66 bits per heavy atom. The number of aromatic nitrogens is 3. The van der Waals surface area contributed by atoms with E-state index in [4.69, 9.17) is 21.3 Å². The summed E-state index contributed by atoms with van der Waals surface area (Å²) in [7, 11) is 0. The van der Waals surface area contributed by atoms with Crippen molar-refractivity contribution in [2.45, 2.75) is 65.7 Å². The maximum Gasteiger partial charge on any atom is 0.337 e. The van der Waals surface area contributed by atoms with Crippen molar-refractivity contribution in [3.05, 3.63) is 83.1 Å². The van der Waals surface area contributed by atoms with E-state index in [1.165, 1.54) is 0 Å². The minimum atomic E-state index is -1.15. The van der Waals surface area contributed by atoms with E-state index < -0.39 is 17.7 Å². The van der Waals surface area contributed by atoms with Gasteiger partial charge >= 0.3 is 5.97 Å². The zero-order chi connectivity index (χ0) is 29.7. The van der Waals surface area contributed by atoms with Gasteiger partial charge in [-0.25, -0.2) is 9.78 Å². The Morgan fingerprint density at radius 1 is 0.976 bits per heavy atom. The van der Waals surface area contributed by atoms with Crippen LogP contribution in [0, 0.1) is 6.92 Å². The number of nitrogens with zero attached hydrogens (tertiary/aromatic N) is 3. The number of ether oxygens (including phenoxy) is 1. The number of thiazole rings is 1. The fraction of sp³-hybridized carbons (Fsp3) is 0.303. The summed E-state index contributed by atoms with van der Waals surface area (Å²) in [6.07, 6.45) is 2.80. The van der Waals surface area contributed by atoms with E-state index in [9.17, 15) is 9.90 Å². The third kappa shape index (κ3) is 6.08. The molecule has 1 unspecified atom stereocenters. The number of rotatable bonds is 6. The van der Waals surface area contributed by atoms with Crippen LogP contribution in [-0.2, 0) is 15.1 Å². The topological polar surface area (TPSA) is 77.2 Å². The average molecular weight is 588 g/mol. The Hall–Kier alpha value is -3.52. The molecule has 212 valence electrons. The SMILES string of the molecule is Cc1cc2nc(-c3cccc(-c4cnn(C(C)(C)C)c4)c3)sc2c(-c2ccc(Cl)cc2)c1C(OC(C)(C)C)C(=O)O. The van der Waals surface area contributed by atoms with Gasteiger partial charge in [0.15, 0.2) is 6.10 Å². The van der Waals surface area contributed by atoms with E-state index in [2.05, 4.69) is 44.2 Å². The predicted molar refractivity (Wildman–Crippen MR) is 168 cm³/mol. The number of hydrogen-bond donors (Lipinski definition) is 1. The van der Waals surface area contributed by atoms with E-state index in [1.807, 2.05) is 81.0 Å². The van der Waals surface area contributed by atoms with Gasteiger partial charge in [-0.3, -0.25) is 4.68 Å². The van der Waals surface area contributed by atoms with Crippen LogP contribution in [-0.4, -0.2) is 31.4 Å². The summed E-state index contributed by atoms with van der Waals surface area (Å²) in [5, 5.41) is 16.3. The fourth-order valence-corrected chi connectivity index (χ4v) is 6.08. The van der Waals surface area contributed by atoms with Gasteiger partial charge in [-0.2, -0.15) is 5.10 Å². The molecule has 0 saturated heterocycles. The van der Waals surface area contributed by atoms with E-state index in [0.29, 0.717) is 10.6 Å². The van der Waals surface area contributed by atoms with Crippen molar-refractivity contribution >= 4 is 39.1 Å². The van der Waals surface area contributed by atoms with Crippen molar-refractivity contribution in [2.75, 3.05) is 0 Å². The summed E-state index contributed by atoms with van der Waals surface area (Å²) in [6, 6.07) is 17.7. The van der Waals surface area contributed by atoms with Crippen molar-refractivity contribution in [2.24, 2.45) is 0 Å². The fourth-order valence-electron chi connectivity index (χ4n) is 4.83. The minimum Gasteiger partial charge on any atom is -0.479 e. The van der Waals surface area contributed by atoms with Crippen molar-refractivity contribution in [1.82, 2.24) is 14.8 Å². The zero-order valence-corrected chi connectivity index (χ0v) is 25.9. The predicted octanol–water partition coefficient (Wildman–Crippen LogP) is 9.15. The molecule has 0 amide bonds. The van der Waals surface area contributed by atoms with Crippen LogP contribution in [0.2, 0.25) is 5.02 Å². The molecule has 0 bridgehead atoms. The quantitative estimate of drug-likeness (QED) is 0.214. The van der Waals surface area contributed by atoms with Crippen LogP contribution in [0.4, 0.5) is 0 Å². The second-order valence-corrected chi connectivity index (χ2v) is 13.7. The van der Waals surface area contributed by atoms with Crippen molar-refractivity contribution in [3.8, 4) is 32.8 Å². The lowest BCUT2D eigenvalue weighted by Crippen LogP contribution is -2.28. The monoisotopic (exact) mass is 587 g/mol. The van der Waals surface area contributed by atoms with Gasteiger partial charge in [-0.1, -0.05) is 41.9 Å². The summed E-state index contributed by atoms with van der Waals surface area (Å²) < 4.78 is 9.00. The summed E-state index contributed by atoms with van der Waals surface area (Å²) in [4.78, 5) is 17.6. The molecular weight excluding hydrogens is 554 g/mol. The molecule has 6 nitrogen and oxygen atoms in total. The highest BCUT2D eigenvalue weighted by molar-refractivity contribution is 7.22. The summed E-state index contributed by atoms with van der Waals surface area (Å²) in [6.45, 7) is 13.9. The highest BCUT2D eigenvalue weighted by Crippen LogP contribution is 2.44. The number of carbonyl (C=O) groups is 1. The number of aryl methyl sites for hydroxylation is 1. The van der Waals surface area contributed by atoms with E-state index in [0.717, 1.165) is 48.6 Å². The first-order valence-corrected chi connectivity index (χ1v) is 14.7. The molecule has 5 aromatic rings. The molecule has 0 saturated carbocycles. The Labute approximate surface area is 249 Å². The molecule has 1 atom stereocenters. The van der Waals surface area contributed by atoms with Gasteiger partial charge in [0.25, 0.3) is 0 Å². The van der Waals surface area contributed by atoms with Crippen LogP contribution in [0.1, 0.15) is 58.8 Å². The van der Waals surface area contributed by atoms with Crippen molar-refractivity contribution < 1.29 is 14.6 Å². The highest BCUT2D eigenvalue weighted by atomic mass is 35.5. The van der Waals surface area contributed by atoms with Crippen LogP contribution >= 0.6 is 22.9 Å². The Bertz CT molecular complexity index is 1740. The van der Waals surface area contributed by atoms with Gasteiger partial charge < -0.3 is 9.84 Å². The molecule has 2 heterocycles. The van der Waals surface area contributed by atoms with Crippen LogP contribution in [0.5, 0.6) is 0 Å². The highest BCUT2D eigenvalue weighted by Gasteiger charge is 2.32. The molecule has 3 aromatic carbocycles. The van der Waals surface area contributed by atoms with Crippen molar-refractivity contribution in [3.63, 3.8) is 0 Å². The normalized spacial score (nSPS) is 13.1. The number of benzene rings is 3. The van der Waals surface area contributed by atoms with Gasteiger partial charge in [0.2, 0.25) is 0 Å². The minimum absolute atomic E-state index is 0.110. The lowest BCUT2D eigenvalue weighted by Gasteiger charge is -2.28. The molecule has 8 heteroatoms. The molecule has 1 N–H and O–H groups in total. The number of carboxylic acid groups (broad SMARTS) is 1. The molecule has 0 spiro atoms. The van der Waals surface area contributed by atoms with Crippen LogP contribution < -0.4 is 0 Å². The first-order valence-electron chi connectivity index (χ1n) is 13.5. The van der Waals surface area contributed by atoms with Crippen LogP contribution in [0.3, 0.4) is 0 Å². The van der Waals surface area contributed by atoms with Gasteiger partial charge in [0, 0.05) is 33.5 Å². The second-order valence-electron chi connectivity index (χ2n) is 12.2. The Kier molecular flexibility index (Phi) is 7.57. The molecule has 2 aromatic heterocycles. The third-order valence-corrected chi connectivity index (χ3v) is 8.12. The van der Waals surface area contributed by atoms with Crippen LogP contribution in [0.25, 0.3) is 43.0 Å². The summed E-state index contributed by atoms with van der Waals surface area (Å²) in [5.41, 5.74) is 6.20. The maximum atomic E-state index is 12.6. The lowest BCUT2D eigenvalue weighted by atomic mass is 9.91. The number of halogens is 1. The smallest absolute Gasteiger partial charge is 0.337 e. The average Bonchev–Trinajstić information content (AvgIpc) is 3.55.